The van der Waals surface area contributed by atoms with Crippen molar-refractivity contribution in [2.24, 2.45) is 0 Å². The number of ketones is 1. The van der Waals surface area contributed by atoms with Crippen molar-refractivity contribution in [1.29, 1.82) is 0 Å². The highest BCUT2D eigenvalue weighted by Gasteiger charge is 2.28. The lowest BCUT2D eigenvalue weighted by Crippen LogP contribution is -2.08. The lowest BCUT2D eigenvalue weighted by Gasteiger charge is -2.04. The number of allylic oxidation sites excluding steroid dienone is 1. The summed E-state index contributed by atoms with van der Waals surface area (Å²) in [5.74, 6) is -1.11. The normalized spacial score (nSPS) is 12.1. The minimum atomic E-state index is -4.33. The molecule has 76 valence electrons. The highest BCUT2D eigenvalue weighted by molar-refractivity contribution is 8.00. The van der Waals surface area contributed by atoms with Gasteiger partial charge in [-0.2, -0.15) is 13.2 Å². The number of rotatable bonds is 4. The number of halogens is 3. The van der Waals surface area contributed by atoms with E-state index in [2.05, 4.69) is 0 Å². The molecule has 2 nitrogen and oxygen atoms in total. The number of carbonyl (C=O) groups is 1. The van der Waals surface area contributed by atoms with Crippen LogP contribution in [0, 0.1) is 0 Å². The lowest BCUT2D eigenvalue weighted by molar-refractivity contribution is -0.112. The third-order valence-corrected chi connectivity index (χ3v) is 1.69. The van der Waals surface area contributed by atoms with Gasteiger partial charge < -0.3 is 4.90 Å². The Kier molecular flexibility index (Phi) is 4.90. The van der Waals surface area contributed by atoms with Gasteiger partial charge in [0.15, 0.2) is 5.78 Å². The molecule has 0 radical (unpaired) electrons. The van der Waals surface area contributed by atoms with E-state index in [-0.39, 0.29) is 11.8 Å². The number of carbonyl (C=O) groups excluding carboxylic acids is 1. The molecule has 0 heterocycles. The molecule has 0 amide bonds. The fourth-order valence-electron chi connectivity index (χ4n) is 0.433. The van der Waals surface area contributed by atoms with Gasteiger partial charge in [-0.3, -0.25) is 4.79 Å². The SMILES string of the molecule is CN(C)C=CC(=O)CSC(F)(F)F. The second-order valence-electron chi connectivity index (χ2n) is 2.48. The summed E-state index contributed by atoms with van der Waals surface area (Å²) < 4.78 is 34.8. The number of hydrogen-bond acceptors (Lipinski definition) is 3. The maximum absolute atomic E-state index is 11.6. The van der Waals surface area contributed by atoms with E-state index in [1.54, 1.807) is 19.0 Å². The average Bonchev–Trinajstić information content (AvgIpc) is 1.95. The third-order valence-electron chi connectivity index (χ3n) is 0.937. The van der Waals surface area contributed by atoms with Crippen LogP contribution in [0.3, 0.4) is 0 Å². The van der Waals surface area contributed by atoms with E-state index in [9.17, 15) is 18.0 Å². The molecule has 0 spiro atoms. The molecule has 13 heavy (non-hydrogen) atoms. The van der Waals surface area contributed by atoms with E-state index in [1.807, 2.05) is 0 Å². The van der Waals surface area contributed by atoms with Crippen LogP contribution in [0.1, 0.15) is 0 Å². The minimum absolute atomic E-state index is 0.326. The van der Waals surface area contributed by atoms with Crippen molar-refractivity contribution in [2.75, 3.05) is 19.8 Å². The Morgan fingerprint density at radius 3 is 2.38 bits per heavy atom. The lowest BCUT2D eigenvalue weighted by atomic mass is 10.4. The molecule has 0 aliphatic heterocycles. The van der Waals surface area contributed by atoms with Crippen LogP contribution in [0.25, 0.3) is 0 Å². The van der Waals surface area contributed by atoms with Crippen molar-refractivity contribution in [3.05, 3.63) is 12.3 Å². The van der Waals surface area contributed by atoms with Gasteiger partial charge >= 0.3 is 5.51 Å². The Hall–Kier alpha value is -0.650. The van der Waals surface area contributed by atoms with Crippen LogP contribution in [0.2, 0.25) is 0 Å². The number of nitrogens with zero attached hydrogens (tertiary/aromatic N) is 1. The fourth-order valence-corrected chi connectivity index (χ4v) is 0.835. The molecule has 0 rings (SSSR count). The largest absolute Gasteiger partial charge is 0.442 e. The summed E-state index contributed by atoms with van der Waals surface area (Å²) in [6, 6.07) is 0. The van der Waals surface area contributed by atoms with Crippen LogP contribution >= 0.6 is 11.8 Å². The molecule has 0 unspecified atom stereocenters. The second-order valence-corrected chi connectivity index (χ2v) is 3.52. The Labute approximate surface area is 78.8 Å². The zero-order valence-corrected chi connectivity index (χ0v) is 8.08. The first-order valence-corrected chi connectivity index (χ1v) is 4.38. The van der Waals surface area contributed by atoms with E-state index in [0.717, 1.165) is 6.08 Å². The van der Waals surface area contributed by atoms with Crippen molar-refractivity contribution in [3.63, 3.8) is 0 Å². The average molecular weight is 213 g/mol. The Bertz CT molecular complexity index is 200. The Morgan fingerprint density at radius 2 is 2.00 bits per heavy atom. The van der Waals surface area contributed by atoms with Crippen LogP contribution < -0.4 is 0 Å². The third kappa shape index (κ3) is 9.26. The van der Waals surface area contributed by atoms with E-state index >= 15 is 0 Å². The molecular weight excluding hydrogens is 203 g/mol. The summed E-state index contributed by atoms with van der Waals surface area (Å²) in [7, 11) is 3.36. The minimum Gasteiger partial charge on any atom is -0.383 e. The molecule has 0 aliphatic carbocycles. The van der Waals surface area contributed by atoms with Crippen LogP contribution in [-0.4, -0.2) is 36.0 Å². The van der Waals surface area contributed by atoms with E-state index < -0.39 is 17.0 Å². The van der Waals surface area contributed by atoms with Gasteiger partial charge in [-0.25, -0.2) is 0 Å². The van der Waals surface area contributed by atoms with Gasteiger partial charge in [0.1, 0.15) is 0 Å². The van der Waals surface area contributed by atoms with E-state index in [4.69, 9.17) is 0 Å². The monoisotopic (exact) mass is 213 g/mol. The highest BCUT2D eigenvalue weighted by atomic mass is 32.2. The van der Waals surface area contributed by atoms with Gasteiger partial charge in [0.2, 0.25) is 0 Å². The molecule has 0 bridgehead atoms. The molecule has 0 atom stereocenters. The fraction of sp³-hybridized carbons (Fsp3) is 0.571. The summed E-state index contributed by atoms with van der Waals surface area (Å²) in [6.45, 7) is 0. The molecule has 0 aliphatic rings. The summed E-state index contributed by atoms with van der Waals surface area (Å²) in [6.07, 6.45) is 2.54. The number of alkyl halides is 3. The second kappa shape index (κ2) is 5.16. The molecule has 0 saturated carbocycles. The van der Waals surface area contributed by atoms with Gasteiger partial charge in [0.05, 0.1) is 5.75 Å². The van der Waals surface area contributed by atoms with Crippen molar-refractivity contribution in [1.82, 2.24) is 4.90 Å². The molecule has 6 heteroatoms. The molecule has 0 aromatic carbocycles. The van der Waals surface area contributed by atoms with Gasteiger partial charge in [-0.1, -0.05) is 0 Å². The zero-order valence-electron chi connectivity index (χ0n) is 7.26. The molecule has 0 N–H and O–H groups in total. The number of hydrogen-bond donors (Lipinski definition) is 0. The smallest absolute Gasteiger partial charge is 0.383 e. The quantitative estimate of drug-likeness (QED) is 0.665. The van der Waals surface area contributed by atoms with Crippen molar-refractivity contribution >= 4 is 17.5 Å². The molecular formula is C7H10F3NOS. The van der Waals surface area contributed by atoms with E-state index in [1.165, 1.54) is 6.20 Å². The standard InChI is InChI=1S/C7H10F3NOS/c1-11(2)4-3-6(12)5-13-7(8,9)10/h3-4H,5H2,1-2H3. The predicted octanol–water partition coefficient (Wildman–Crippen LogP) is 1.88. The van der Waals surface area contributed by atoms with Crippen LogP contribution in [-0.2, 0) is 4.79 Å². The zero-order chi connectivity index (χ0) is 10.5. The highest BCUT2D eigenvalue weighted by Crippen LogP contribution is 2.29. The molecule has 0 aromatic rings. The molecule has 0 fully saturated rings. The van der Waals surface area contributed by atoms with Gasteiger partial charge in [-0.05, 0) is 17.8 Å². The first-order valence-electron chi connectivity index (χ1n) is 3.39. The van der Waals surface area contributed by atoms with E-state index in [0.29, 0.717) is 0 Å². The Balaban J connectivity index is 3.77. The van der Waals surface area contributed by atoms with Gasteiger partial charge in [0, 0.05) is 20.3 Å². The summed E-state index contributed by atoms with van der Waals surface area (Å²) in [5.41, 5.74) is -4.33. The topological polar surface area (TPSA) is 20.3 Å². The summed E-state index contributed by atoms with van der Waals surface area (Å²) in [5, 5.41) is 0. The first-order chi connectivity index (χ1) is 5.81. The summed E-state index contributed by atoms with van der Waals surface area (Å²) >= 11 is -0.326. The van der Waals surface area contributed by atoms with Crippen LogP contribution in [0.5, 0.6) is 0 Å². The van der Waals surface area contributed by atoms with Crippen molar-refractivity contribution < 1.29 is 18.0 Å². The molecule has 0 aromatic heterocycles. The maximum Gasteiger partial charge on any atom is 0.442 e. The van der Waals surface area contributed by atoms with Crippen molar-refractivity contribution in [2.45, 2.75) is 5.51 Å². The van der Waals surface area contributed by atoms with Gasteiger partial charge in [0.25, 0.3) is 0 Å². The first kappa shape index (κ1) is 12.3. The maximum atomic E-state index is 11.6. The van der Waals surface area contributed by atoms with Gasteiger partial charge in [-0.15, -0.1) is 0 Å². The Morgan fingerprint density at radius 1 is 1.46 bits per heavy atom. The number of thioether (sulfide) groups is 1. The van der Waals surface area contributed by atoms with Crippen molar-refractivity contribution in [3.8, 4) is 0 Å². The predicted molar refractivity (Wildman–Crippen MR) is 46.3 cm³/mol. The van der Waals surface area contributed by atoms with Crippen LogP contribution in [0.15, 0.2) is 12.3 Å². The van der Waals surface area contributed by atoms with Crippen LogP contribution in [0.4, 0.5) is 13.2 Å². The summed E-state index contributed by atoms with van der Waals surface area (Å²) in [4.78, 5) is 12.3. The molecule has 0 saturated heterocycles.